The number of halogens is 1. The number of furan rings is 1. The van der Waals surface area contributed by atoms with E-state index in [0.29, 0.717) is 5.02 Å². The van der Waals surface area contributed by atoms with Gasteiger partial charge in [-0.25, -0.2) is 4.99 Å². The van der Waals surface area contributed by atoms with Gasteiger partial charge in [-0.15, -0.1) is 11.3 Å². The molecule has 22 heavy (non-hydrogen) atoms. The van der Waals surface area contributed by atoms with Crippen LogP contribution in [0.4, 0.5) is 5.69 Å². The number of unbranched alkanes of at least 4 members (excludes halogenated alkanes) is 1. The van der Waals surface area contributed by atoms with Gasteiger partial charge in [-0.05, 0) is 36.8 Å². The number of aromatic nitrogens is 1. The first-order valence-corrected chi connectivity index (χ1v) is 8.56. The van der Waals surface area contributed by atoms with Crippen molar-refractivity contribution in [3.63, 3.8) is 0 Å². The second kappa shape index (κ2) is 6.99. The molecule has 0 spiro atoms. The predicted molar refractivity (Wildman–Crippen MR) is 91.6 cm³/mol. The van der Waals surface area contributed by atoms with Gasteiger partial charge in [0.1, 0.15) is 0 Å². The fourth-order valence-electron chi connectivity index (χ4n) is 2.23. The SMILES string of the molecule is CCCCn1c(-c2ccco2)csc1=Nc1cccc(Cl)c1. The quantitative estimate of drug-likeness (QED) is 0.607. The van der Waals surface area contributed by atoms with E-state index in [-0.39, 0.29) is 0 Å². The van der Waals surface area contributed by atoms with Crippen LogP contribution in [0.5, 0.6) is 0 Å². The zero-order valence-electron chi connectivity index (χ0n) is 12.3. The summed E-state index contributed by atoms with van der Waals surface area (Å²) in [5, 5.41) is 2.79. The van der Waals surface area contributed by atoms with Crippen LogP contribution in [0.25, 0.3) is 11.5 Å². The Balaban J connectivity index is 2.07. The van der Waals surface area contributed by atoms with Crippen LogP contribution < -0.4 is 4.80 Å². The summed E-state index contributed by atoms with van der Waals surface area (Å²) in [7, 11) is 0. The highest BCUT2D eigenvalue weighted by molar-refractivity contribution is 7.07. The van der Waals surface area contributed by atoms with E-state index >= 15 is 0 Å². The first kappa shape index (κ1) is 15.1. The minimum Gasteiger partial charge on any atom is -0.463 e. The number of thiazole rings is 1. The maximum Gasteiger partial charge on any atom is 0.190 e. The highest BCUT2D eigenvalue weighted by atomic mass is 35.5. The molecule has 0 atom stereocenters. The maximum absolute atomic E-state index is 6.04. The molecule has 114 valence electrons. The molecule has 0 saturated carbocycles. The van der Waals surface area contributed by atoms with Gasteiger partial charge in [-0.2, -0.15) is 0 Å². The maximum atomic E-state index is 6.04. The molecule has 0 aliphatic heterocycles. The molecule has 0 saturated heterocycles. The lowest BCUT2D eigenvalue weighted by Gasteiger charge is -2.06. The van der Waals surface area contributed by atoms with E-state index in [1.54, 1.807) is 17.6 Å². The first-order chi connectivity index (χ1) is 10.8. The topological polar surface area (TPSA) is 30.4 Å². The number of benzene rings is 1. The van der Waals surface area contributed by atoms with Gasteiger partial charge in [0.15, 0.2) is 10.6 Å². The van der Waals surface area contributed by atoms with Crippen LogP contribution in [0.2, 0.25) is 5.02 Å². The molecule has 0 aliphatic carbocycles. The molecule has 2 aromatic heterocycles. The Morgan fingerprint density at radius 2 is 2.18 bits per heavy atom. The van der Waals surface area contributed by atoms with E-state index < -0.39 is 0 Å². The summed E-state index contributed by atoms with van der Waals surface area (Å²) in [6.45, 7) is 3.11. The Bertz CT molecular complexity index is 802. The molecular formula is C17H17ClN2OS. The number of hydrogen-bond donors (Lipinski definition) is 0. The third-order valence-electron chi connectivity index (χ3n) is 3.34. The molecule has 3 nitrogen and oxygen atoms in total. The summed E-state index contributed by atoms with van der Waals surface area (Å²) in [6.07, 6.45) is 3.94. The zero-order chi connectivity index (χ0) is 15.4. The van der Waals surface area contributed by atoms with Crippen LogP contribution in [-0.4, -0.2) is 4.57 Å². The molecule has 0 N–H and O–H groups in total. The molecule has 0 amide bonds. The smallest absolute Gasteiger partial charge is 0.190 e. The Morgan fingerprint density at radius 3 is 2.91 bits per heavy atom. The van der Waals surface area contributed by atoms with Gasteiger partial charge in [0, 0.05) is 16.9 Å². The van der Waals surface area contributed by atoms with Crippen molar-refractivity contribution in [2.24, 2.45) is 4.99 Å². The minimum atomic E-state index is 0.698. The molecule has 1 aromatic carbocycles. The first-order valence-electron chi connectivity index (χ1n) is 7.30. The van der Waals surface area contributed by atoms with E-state index in [9.17, 15) is 0 Å². The van der Waals surface area contributed by atoms with Crippen molar-refractivity contribution >= 4 is 28.6 Å². The Labute approximate surface area is 138 Å². The van der Waals surface area contributed by atoms with Crippen molar-refractivity contribution in [2.75, 3.05) is 0 Å². The highest BCUT2D eigenvalue weighted by Gasteiger charge is 2.10. The second-order valence-electron chi connectivity index (χ2n) is 4.98. The summed E-state index contributed by atoms with van der Waals surface area (Å²) in [5.74, 6) is 0.875. The monoisotopic (exact) mass is 332 g/mol. The summed E-state index contributed by atoms with van der Waals surface area (Å²) < 4.78 is 7.76. The van der Waals surface area contributed by atoms with Crippen LogP contribution in [0.3, 0.4) is 0 Å². The second-order valence-corrected chi connectivity index (χ2v) is 6.25. The van der Waals surface area contributed by atoms with Gasteiger partial charge < -0.3 is 8.98 Å². The van der Waals surface area contributed by atoms with Crippen molar-refractivity contribution in [3.05, 3.63) is 57.9 Å². The van der Waals surface area contributed by atoms with Crippen molar-refractivity contribution in [2.45, 2.75) is 26.3 Å². The predicted octanol–water partition coefficient (Wildman–Crippen LogP) is 5.50. The number of nitrogens with zero attached hydrogens (tertiary/aromatic N) is 2. The summed E-state index contributed by atoms with van der Waals surface area (Å²) in [4.78, 5) is 5.70. The molecule has 3 aromatic rings. The van der Waals surface area contributed by atoms with Crippen LogP contribution in [0, 0.1) is 0 Å². The van der Waals surface area contributed by atoms with Crippen molar-refractivity contribution in [1.82, 2.24) is 4.57 Å². The summed E-state index contributed by atoms with van der Waals surface area (Å²) in [6, 6.07) is 11.5. The molecule has 0 fully saturated rings. The highest BCUT2D eigenvalue weighted by Crippen LogP contribution is 2.22. The molecule has 0 radical (unpaired) electrons. The number of hydrogen-bond acceptors (Lipinski definition) is 3. The fraction of sp³-hybridized carbons (Fsp3) is 0.235. The van der Waals surface area contributed by atoms with Crippen LogP contribution in [0.1, 0.15) is 19.8 Å². The number of rotatable bonds is 5. The summed E-state index contributed by atoms with van der Waals surface area (Å²) in [5.41, 5.74) is 1.94. The van der Waals surface area contributed by atoms with E-state index in [1.807, 2.05) is 36.4 Å². The molecular weight excluding hydrogens is 316 g/mol. The Morgan fingerprint density at radius 1 is 1.27 bits per heavy atom. The van der Waals surface area contributed by atoms with Crippen molar-refractivity contribution < 1.29 is 4.42 Å². The average Bonchev–Trinajstić information content (AvgIpc) is 3.14. The van der Waals surface area contributed by atoms with E-state index in [1.165, 1.54) is 0 Å². The van der Waals surface area contributed by atoms with Gasteiger partial charge in [-0.1, -0.05) is 31.0 Å². The van der Waals surface area contributed by atoms with E-state index in [4.69, 9.17) is 21.0 Å². The standard InChI is InChI=1S/C17H17ClN2OS/c1-2-3-9-20-15(16-8-5-10-21-16)12-22-17(20)19-14-7-4-6-13(18)11-14/h4-8,10-12H,2-3,9H2,1H3. The lowest BCUT2D eigenvalue weighted by atomic mass is 10.3. The summed E-state index contributed by atoms with van der Waals surface area (Å²) >= 11 is 7.66. The van der Waals surface area contributed by atoms with Crippen LogP contribution in [0.15, 0.2) is 57.5 Å². The Kier molecular flexibility index (Phi) is 4.80. The molecule has 0 bridgehead atoms. The Hall–Kier alpha value is -1.78. The molecule has 5 heteroatoms. The molecule has 0 aliphatic rings. The van der Waals surface area contributed by atoms with Crippen LogP contribution >= 0.6 is 22.9 Å². The van der Waals surface area contributed by atoms with Gasteiger partial charge in [0.25, 0.3) is 0 Å². The lowest BCUT2D eigenvalue weighted by molar-refractivity contribution is 0.562. The minimum absolute atomic E-state index is 0.698. The third-order valence-corrected chi connectivity index (χ3v) is 4.44. The molecule has 3 rings (SSSR count). The van der Waals surface area contributed by atoms with Crippen molar-refractivity contribution in [3.8, 4) is 11.5 Å². The van der Waals surface area contributed by atoms with Crippen LogP contribution in [-0.2, 0) is 6.54 Å². The lowest BCUT2D eigenvalue weighted by Crippen LogP contribution is -2.15. The van der Waals surface area contributed by atoms with Gasteiger partial charge in [0.05, 0.1) is 17.6 Å². The van der Waals surface area contributed by atoms with E-state index in [2.05, 4.69) is 16.9 Å². The van der Waals surface area contributed by atoms with E-state index in [0.717, 1.165) is 41.3 Å². The fourth-order valence-corrected chi connectivity index (χ4v) is 3.35. The molecule has 2 heterocycles. The van der Waals surface area contributed by atoms with Crippen molar-refractivity contribution in [1.29, 1.82) is 0 Å². The third kappa shape index (κ3) is 3.34. The van der Waals surface area contributed by atoms with Gasteiger partial charge in [0.2, 0.25) is 0 Å². The zero-order valence-corrected chi connectivity index (χ0v) is 13.9. The molecule has 0 unspecified atom stereocenters. The van der Waals surface area contributed by atoms with Gasteiger partial charge in [-0.3, -0.25) is 0 Å². The van der Waals surface area contributed by atoms with Gasteiger partial charge >= 0.3 is 0 Å². The largest absolute Gasteiger partial charge is 0.463 e. The average molecular weight is 333 g/mol. The normalized spacial score (nSPS) is 12.0.